The molecule has 0 unspecified atom stereocenters. The first-order valence-corrected chi connectivity index (χ1v) is 8.71. The van der Waals surface area contributed by atoms with Gasteiger partial charge in [-0.3, -0.25) is 9.59 Å². The third kappa shape index (κ3) is 3.77. The fourth-order valence-electron chi connectivity index (χ4n) is 3.36. The predicted octanol–water partition coefficient (Wildman–Crippen LogP) is 1.04. The van der Waals surface area contributed by atoms with Gasteiger partial charge in [0.1, 0.15) is 0 Å². The van der Waals surface area contributed by atoms with Crippen LogP contribution >= 0.6 is 11.6 Å². The van der Waals surface area contributed by atoms with Crippen molar-refractivity contribution in [2.45, 2.75) is 19.8 Å². The van der Waals surface area contributed by atoms with E-state index < -0.39 is 0 Å². The van der Waals surface area contributed by atoms with Gasteiger partial charge in [0, 0.05) is 46.2 Å². The van der Waals surface area contributed by atoms with Gasteiger partial charge in [-0.25, -0.2) is 0 Å². The molecule has 0 aromatic carbocycles. The van der Waals surface area contributed by atoms with Gasteiger partial charge < -0.3 is 14.7 Å². The summed E-state index contributed by atoms with van der Waals surface area (Å²) in [5.74, 6) is 0.996. The summed E-state index contributed by atoms with van der Waals surface area (Å²) >= 11 is 5.78. The van der Waals surface area contributed by atoms with Crippen molar-refractivity contribution >= 4 is 29.2 Å². The summed E-state index contributed by atoms with van der Waals surface area (Å²) in [6, 6.07) is 3.56. The molecule has 2 fully saturated rings. The van der Waals surface area contributed by atoms with Crippen molar-refractivity contribution in [1.29, 1.82) is 0 Å². The Morgan fingerprint density at radius 1 is 1.08 bits per heavy atom. The molecule has 7 nitrogen and oxygen atoms in total. The fraction of sp³-hybridized carbons (Fsp3) is 0.625. The molecule has 0 aliphatic carbocycles. The number of hydrogen-bond acceptors (Lipinski definition) is 5. The number of nitrogens with zero attached hydrogens (tertiary/aromatic N) is 5. The Labute approximate surface area is 146 Å². The largest absolute Gasteiger partial charge is 0.354 e. The number of amides is 2. The lowest BCUT2D eigenvalue weighted by Gasteiger charge is -2.39. The van der Waals surface area contributed by atoms with E-state index in [0.29, 0.717) is 37.9 Å². The molecule has 24 heavy (non-hydrogen) atoms. The van der Waals surface area contributed by atoms with Crippen molar-refractivity contribution in [2.24, 2.45) is 5.92 Å². The SMILES string of the molecule is CC(=O)N1CCN(C(=O)[C@@H]2CCCN(c3ccc(Cl)nn3)C2)CC1. The minimum Gasteiger partial charge on any atom is -0.354 e. The van der Waals surface area contributed by atoms with E-state index in [4.69, 9.17) is 11.6 Å². The average Bonchev–Trinajstić information content (AvgIpc) is 2.62. The quantitative estimate of drug-likeness (QED) is 0.796. The van der Waals surface area contributed by atoms with E-state index in [2.05, 4.69) is 15.1 Å². The van der Waals surface area contributed by atoms with E-state index in [1.165, 1.54) is 0 Å². The monoisotopic (exact) mass is 351 g/mol. The number of anilines is 1. The van der Waals surface area contributed by atoms with Crippen LogP contribution in [-0.4, -0.2) is 71.1 Å². The molecule has 8 heteroatoms. The van der Waals surface area contributed by atoms with E-state index in [9.17, 15) is 9.59 Å². The van der Waals surface area contributed by atoms with Gasteiger partial charge in [-0.1, -0.05) is 11.6 Å². The summed E-state index contributed by atoms with van der Waals surface area (Å²) in [5, 5.41) is 8.36. The Morgan fingerprint density at radius 3 is 2.42 bits per heavy atom. The summed E-state index contributed by atoms with van der Waals surface area (Å²) in [6.45, 7) is 5.59. The van der Waals surface area contributed by atoms with E-state index in [1.54, 1.807) is 17.9 Å². The highest BCUT2D eigenvalue weighted by atomic mass is 35.5. The number of hydrogen-bond donors (Lipinski definition) is 0. The summed E-state index contributed by atoms with van der Waals surface area (Å²) in [7, 11) is 0. The van der Waals surface area contributed by atoms with Crippen molar-refractivity contribution in [3.05, 3.63) is 17.3 Å². The normalized spacial score (nSPS) is 21.8. The first-order valence-electron chi connectivity index (χ1n) is 8.33. The number of rotatable bonds is 2. The molecule has 3 rings (SSSR count). The lowest BCUT2D eigenvalue weighted by atomic mass is 9.96. The number of carbonyl (C=O) groups excluding carboxylic acids is 2. The molecule has 0 N–H and O–H groups in total. The van der Waals surface area contributed by atoms with Crippen LogP contribution in [0.5, 0.6) is 0 Å². The van der Waals surface area contributed by atoms with E-state index in [-0.39, 0.29) is 17.7 Å². The van der Waals surface area contributed by atoms with Crippen molar-refractivity contribution in [3.8, 4) is 0 Å². The zero-order valence-electron chi connectivity index (χ0n) is 13.8. The van der Waals surface area contributed by atoms with Crippen molar-refractivity contribution in [3.63, 3.8) is 0 Å². The van der Waals surface area contributed by atoms with Gasteiger partial charge in [-0.05, 0) is 25.0 Å². The van der Waals surface area contributed by atoms with Gasteiger partial charge in [-0.2, -0.15) is 0 Å². The highest BCUT2D eigenvalue weighted by Gasteiger charge is 2.31. The zero-order chi connectivity index (χ0) is 17.1. The Kier molecular flexibility index (Phi) is 5.18. The van der Waals surface area contributed by atoms with Crippen molar-refractivity contribution in [1.82, 2.24) is 20.0 Å². The molecule has 2 amide bonds. The number of piperidine rings is 1. The molecule has 0 spiro atoms. The number of piperazine rings is 1. The molecule has 130 valence electrons. The summed E-state index contributed by atoms with van der Waals surface area (Å²) < 4.78 is 0. The lowest BCUT2D eigenvalue weighted by Crippen LogP contribution is -2.53. The minimum atomic E-state index is -0.0277. The summed E-state index contributed by atoms with van der Waals surface area (Å²) in [6.07, 6.45) is 1.84. The van der Waals surface area contributed by atoms with Crippen LogP contribution in [0.25, 0.3) is 0 Å². The van der Waals surface area contributed by atoms with Crippen LogP contribution in [0.15, 0.2) is 12.1 Å². The molecular weight excluding hydrogens is 330 g/mol. The number of carbonyl (C=O) groups is 2. The van der Waals surface area contributed by atoms with Gasteiger partial charge >= 0.3 is 0 Å². The van der Waals surface area contributed by atoms with Crippen LogP contribution in [0.4, 0.5) is 5.82 Å². The second-order valence-corrected chi connectivity index (χ2v) is 6.72. The van der Waals surface area contributed by atoms with Gasteiger partial charge in [-0.15, -0.1) is 10.2 Å². The molecule has 1 aromatic rings. The van der Waals surface area contributed by atoms with Crippen LogP contribution in [0.3, 0.4) is 0 Å². The highest BCUT2D eigenvalue weighted by Crippen LogP contribution is 2.23. The second kappa shape index (κ2) is 7.34. The molecule has 1 atom stereocenters. The predicted molar refractivity (Wildman–Crippen MR) is 90.8 cm³/mol. The average molecular weight is 352 g/mol. The second-order valence-electron chi connectivity index (χ2n) is 6.33. The Balaban J connectivity index is 1.59. The topological polar surface area (TPSA) is 69.6 Å². The standard InChI is InChI=1S/C16H22ClN5O2/c1-12(23)20-7-9-21(10-8-20)16(24)13-3-2-6-22(11-13)15-5-4-14(17)18-19-15/h4-5,13H,2-3,6-11H2,1H3/t13-/m1/s1. The van der Waals surface area contributed by atoms with E-state index >= 15 is 0 Å². The van der Waals surface area contributed by atoms with Crippen LogP contribution in [0, 0.1) is 5.92 Å². The highest BCUT2D eigenvalue weighted by molar-refractivity contribution is 6.29. The summed E-state index contributed by atoms with van der Waals surface area (Å²) in [4.78, 5) is 30.0. The number of aromatic nitrogens is 2. The summed E-state index contributed by atoms with van der Waals surface area (Å²) in [5.41, 5.74) is 0. The third-order valence-corrected chi connectivity index (χ3v) is 4.95. The van der Waals surface area contributed by atoms with Gasteiger partial charge in [0.15, 0.2) is 11.0 Å². The van der Waals surface area contributed by atoms with E-state index in [1.807, 2.05) is 11.0 Å². The van der Waals surface area contributed by atoms with Crippen LogP contribution in [-0.2, 0) is 9.59 Å². The number of halogens is 1. The minimum absolute atomic E-state index is 0.0277. The first kappa shape index (κ1) is 17.0. The molecule has 1 aromatic heterocycles. The Morgan fingerprint density at radius 2 is 1.79 bits per heavy atom. The van der Waals surface area contributed by atoms with Crippen molar-refractivity contribution < 1.29 is 9.59 Å². The molecule has 2 aliphatic rings. The molecule has 3 heterocycles. The molecule has 0 radical (unpaired) electrons. The van der Waals surface area contributed by atoms with E-state index in [0.717, 1.165) is 25.2 Å². The molecule has 0 saturated carbocycles. The Bertz CT molecular complexity index is 601. The van der Waals surface area contributed by atoms with Gasteiger partial charge in [0.25, 0.3) is 0 Å². The van der Waals surface area contributed by atoms with Crippen molar-refractivity contribution in [2.75, 3.05) is 44.2 Å². The van der Waals surface area contributed by atoms with Crippen LogP contribution in [0.2, 0.25) is 5.15 Å². The molecule has 2 saturated heterocycles. The maximum Gasteiger partial charge on any atom is 0.227 e. The smallest absolute Gasteiger partial charge is 0.227 e. The first-order chi connectivity index (χ1) is 11.5. The zero-order valence-corrected chi connectivity index (χ0v) is 14.6. The van der Waals surface area contributed by atoms with Gasteiger partial charge in [0.2, 0.25) is 11.8 Å². The molecule has 0 bridgehead atoms. The molecule has 2 aliphatic heterocycles. The molecular formula is C16H22ClN5O2. The fourth-order valence-corrected chi connectivity index (χ4v) is 3.47. The third-order valence-electron chi connectivity index (χ3n) is 4.75. The lowest BCUT2D eigenvalue weighted by molar-refractivity contribution is -0.141. The maximum absolute atomic E-state index is 12.8. The van der Waals surface area contributed by atoms with Gasteiger partial charge in [0.05, 0.1) is 5.92 Å². The Hall–Kier alpha value is -1.89. The maximum atomic E-state index is 12.8. The van der Waals surface area contributed by atoms with Crippen LogP contribution < -0.4 is 4.90 Å². The van der Waals surface area contributed by atoms with Crippen LogP contribution in [0.1, 0.15) is 19.8 Å².